The third-order valence-electron chi connectivity index (χ3n) is 2.49. The van der Waals surface area contributed by atoms with Gasteiger partial charge in [-0.15, -0.1) is 0 Å². The fourth-order valence-electron chi connectivity index (χ4n) is 1.32. The predicted octanol–water partition coefficient (Wildman–Crippen LogP) is 3.26. The van der Waals surface area contributed by atoms with Crippen LogP contribution >= 0.6 is 15.9 Å². The van der Waals surface area contributed by atoms with Crippen molar-refractivity contribution in [1.82, 2.24) is 4.98 Å². The van der Waals surface area contributed by atoms with Crippen LogP contribution in [0, 0.1) is 23.0 Å². The summed E-state index contributed by atoms with van der Waals surface area (Å²) >= 11 is 3.59. The van der Waals surface area contributed by atoms with Crippen LogP contribution in [0.4, 0.5) is 5.69 Å². The highest BCUT2D eigenvalue weighted by atomic mass is 79.9. The molecule has 0 aliphatic heterocycles. The van der Waals surface area contributed by atoms with Crippen molar-refractivity contribution in [3.8, 4) is 0 Å². The van der Waals surface area contributed by atoms with Crippen LogP contribution in [0.15, 0.2) is 12.3 Å². The van der Waals surface area contributed by atoms with Gasteiger partial charge in [0.1, 0.15) is 6.20 Å². The van der Waals surface area contributed by atoms with Crippen LogP contribution in [0.1, 0.15) is 25.1 Å². The van der Waals surface area contributed by atoms with Crippen molar-refractivity contribution in [2.75, 3.05) is 0 Å². The number of nitro groups is 1. The first-order chi connectivity index (χ1) is 7.41. The molecule has 0 saturated heterocycles. The lowest BCUT2D eigenvalue weighted by Crippen LogP contribution is -2.12. The van der Waals surface area contributed by atoms with E-state index in [2.05, 4.69) is 34.8 Å². The first-order valence-corrected chi connectivity index (χ1v) is 6.07. The number of rotatable bonds is 4. The number of nitrogens with zero attached hydrogens (tertiary/aromatic N) is 2. The molecule has 0 spiro atoms. The summed E-state index contributed by atoms with van der Waals surface area (Å²) in [5, 5.41) is 10.6. The Kier molecular flexibility index (Phi) is 4.41. The molecule has 1 aromatic heterocycles. The second-order valence-electron chi connectivity index (χ2n) is 4.18. The molecule has 0 N–H and O–H groups in total. The Hall–Kier alpha value is -0.970. The molecule has 0 amide bonds. The van der Waals surface area contributed by atoms with E-state index in [9.17, 15) is 10.1 Å². The van der Waals surface area contributed by atoms with E-state index < -0.39 is 4.92 Å². The Morgan fingerprint density at radius 3 is 2.62 bits per heavy atom. The van der Waals surface area contributed by atoms with E-state index in [0.29, 0.717) is 10.7 Å². The van der Waals surface area contributed by atoms with Crippen molar-refractivity contribution in [3.63, 3.8) is 0 Å². The van der Waals surface area contributed by atoms with Crippen molar-refractivity contribution in [3.05, 3.63) is 33.6 Å². The summed E-state index contributed by atoms with van der Waals surface area (Å²) in [5.41, 5.74) is 1.84. The highest BCUT2D eigenvalue weighted by Gasteiger charge is 2.14. The maximum atomic E-state index is 10.6. The van der Waals surface area contributed by atoms with E-state index in [1.165, 1.54) is 6.20 Å². The van der Waals surface area contributed by atoms with Crippen molar-refractivity contribution >= 4 is 21.6 Å². The fraction of sp³-hybridized carbons (Fsp3) is 0.545. The summed E-state index contributed by atoms with van der Waals surface area (Å²) in [5.74, 6) is 0.511. The predicted molar refractivity (Wildman–Crippen MR) is 66.9 cm³/mol. The van der Waals surface area contributed by atoms with Crippen LogP contribution in [0.25, 0.3) is 0 Å². The van der Waals surface area contributed by atoms with Gasteiger partial charge >= 0.3 is 0 Å². The van der Waals surface area contributed by atoms with Gasteiger partial charge in [0.2, 0.25) is 0 Å². The zero-order valence-electron chi connectivity index (χ0n) is 9.61. The molecule has 0 fully saturated rings. The minimum atomic E-state index is -0.419. The van der Waals surface area contributed by atoms with Crippen LogP contribution < -0.4 is 0 Å². The molecule has 5 heteroatoms. The second kappa shape index (κ2) is 5.39. The molecule has 4 nitrogen and oxygen atoms in total. The summed E-state index contributed by atoms with van der Waals surface area (Å²) in [7, 11) is 0. The highest BCUT2D eigenvalue weighted by molar-refractivity contribution is 9.09. The van der Waals surface area contributed by atoms with Gasteiger partial charge in [0.05, 0.1) is 4.92 Å². The fourth-order valence-corrected chi connectivity index (χ4v) is 1.63. The van der Waals surface area contributed by atoms with Crippen LogP contribution in [0.5, 0.6) is 0 Å². The normalized spacial score (nSPS) is 12.8. The topological polar surface area (TPSA) is 56.0 Å². The zero-order chi connectivity index (χ0) is 12.3. The van der Waals surface area contributed by atoms with Gasteiger partial charge in [-0.2, -0.15) is 0 Å². The molecular formula is C11H15BrN2O2. The number of pyridine rings is 1. The lowest BCUT2D eigenvalue weighted by Gasteiger charge is -2.14. The van der Waals surface area contributed by atoms with Crippen molar-refractivity contribution < 1.29 is 4.92 Å². The molecule has 16 heavy (non-hydrogen) atoms. The lowest BCUT2D eigenvalue weighted by atomic mass is 10.0. The van der Waals surface area contributed by atoms with Gasteiger partial charge in [0.15, 0.2) is 0 Å². The number of aromatic nitrogens is 1. The highest BCUT2D eigenvalue weighted by Crippen LogP contribution is 2.21. The molecule has 1 aromatic rings. The maximum absolute atomic E-state index is 10.6. The number of hydrogen-bond acceptors (Lipinski definition) is 3. The Balaban J connectivity index is 2.87. The van der Waals surface area contributed by atoms with E-state index in [4.69, 9.17) is 0 Å². The molecule has 0 aromatic carbocycles. The van der Waals surface area contributed by atoms with Gasteiger partial charge in [0.25, 0.3) is 5.69 Å². The molecule has 0 aliphatic rings. The quantitative estimate of drug-likeness (QED) is 0.485. The van der Waals surface area contributed by atoms with E-state index in [1.807, 2.05) is 6.92 Å². The van der Waals surface area contributed by atoms with E-state index in [-0.39, 0.29) is 5.69 Å². The molecule has 1 rings (SSSR count). The minimum absolute atomic E-state index is 0.0527. The second-order valence-corrected chi connectivity index (χ2v) is 5.35. The van der Waals surface area contributed by atoms with Crippen LogP contribution in [0.3, 0.4) is 0 Å². The van der Waals surface area contributed by atoms with E-state index in [0.717, 1.165) is 17.7 Å². The molecule has 88 valence electrons. The van der Waals surface area contributed by atoms with Gasteiger partial charge in [-0.05, 0) is 18.4 Å². The molecule has 1 heterocycles. The third-order valence-corrected chi connectivity index (χ3v) is 3.88. The smallest absolute Gasteiger partial charge is 0.258 e. The van der Waals surface area contributed by atoms with Gasteiger partial charge in [-0.1, -0.05) is 29.8 Å². The molecule has 0 saturated carbocycles. The maximum Gasteiger partial charge on any atom is 0.287 e. The first-order valence-electron chi connectivity index (χ1n) is 5.15. The van der Waals surface area contributed by atoms with Crippen LogP contribution in [-0.4, -0.2) is 14.7 Å². The zero-order valence-corrected chi connectivity index (χ0v) is 11.2. The monoisotopic (exact) mass is 286 g/mol. The van der Waals surface area contributed by atoms with Gasteiger partial charge in [0, 0.05) is 23.0 Å². The van der Waals surface area contributed by atoms with Crippen molar-refractivity contribution in [1.29, 1.82) is 0 Å². The SMILES string of the molecule is Cc1cc([N+](=O)[O-])cnc1CC(Br)C(C)C. The number of aryl methyl sites for hydroxylation is 1. The summed E-state index contributed by atoms with van der Waals surface area (Å²) in [6.45, 7) is 6.11. The van der Waals surface area contributed by atoms with E-state index in [1.54, 1.807) is 6.07 Å². The Morgan fingerprint density at radius 2 is 2.19 bits per heavy atom. The first kappa shape index (κ1) is 13.1. The molecule has 1 atom stereocenters. The average molecular weight is 287 g/mol. The van der Waals surface area contributed by atoms with Gasteiger partial charge in [-0.25, -0.2) is 0 Å². The average Bonchev–Trinajstić information content (AvgIpc) is 2.20. The Bertz CT molecular complexity index is 394. The summed E-state index contributed by atoms with van der Waals surface area (Å²) in [6, 6.07) is 1.57. The Morgan fingerprint density at radius 1 is 1.56 bits per heavy atom. The number of hydrogen-bond donors (Lipinski definition) is 0. The van der Waals surface area contributed by atoms with Gasteiger partial charge < -0.3 is 0 Å². The number of alkyl halides is 1. The van der Waals surface area contributed by atoms with Gasteiger partial charge in [-0.3, -0.25) is 15.1 Å². The summed E-state index contributed by atoms with van der Waals surface area (Å²) < 4.78 is 0. The van der Waals surface area contributed by atoms with Crippen molar-refractivity contribution in [2.24, 2.45) is 5.92 Å². The molecule has 1 unspecified atom stereocenters. The molecular weight excluding hydrogens is 272 g/mol. The Labute approximate surface area is 103 Å². The molecule has 0 aliphatic carbocycles. The third kappa shape index (κ3) is 3.27. The summed E-state index contributed by atoms with van der Waals surface area (Å²) in [4.78, 5) is 14.6. The van der Waals surface area contributed by atoms with Crippen LogP contribution in [0.2, 0.25) is 0 Å². The molecule has 0 radical (unpaired) electrons. The lowest BCUT2D eigenvalue weighted by molar-refractivity contribution is -0.385. The number of halogens is 1. The minimum Gasteiger partial charge on any atom is -0.258 e. The van der Waals surface area contributed by atoms with E-state index >= 15 is 0 Å². The summed E-state index contributed by atoms with van der Waals surface area (Å²) in [6.07, 6.45) is 2.11. The molecule has 0 bridgehead atoms. The standard InChI is InChI=1S/C11H15BrN2O2/c1-7(2)10(12)5-11-8(3)4-9(6-13-11)14(15)16/h4,6-7,10H,5H2,1-3H3. The van der Waals surface area contributed by atoms with Crippen molar-refractivity contribution in [2.45, 2.75) is 32.0 Å². The van der Waals surface area contributed by atoms with Crippen LogP contribution in [-0.2, 0) is 6.42 Å². The largest absolute Gasteiger partial charge is 0.287 e.